The van der Waals surface area contributed by atoms with Crippen molar-refractivity contribution < 1.29 is 42.1 Å². The summed E-state index contributed by atoms with van der Waals surface area (Å²) in [5, 5.41) is 0. The summed E-state index contributed by atoms with van der Waals surface area (Å²) in [6, 6.07) is 0. The van der Waals surface area contributed by atoms with Gasteiger partial charge in [-0.05, 0) is 57.8 Å². The molecule has 9 nitrogen and oxygen atoms in total. The Kier molecular flexibility index (Phi) is 43.6. The van der Waals surface area contributed by atoms with E-state index in [2.05, 4.69) is 38.2 Å². The second-order valence-corrected chi connectivity index (χ2v) is 20.4. The smallest absolute Gasteiger partial charge is 0.462 e. The van der Waals surface area contributed by atoms with Gasteiger partial charge in [0.05, 0.1) is 27.7 Å². The Hall–Kier alpha value is -1.51. The van der Waals surface area contributed by atoms with E-state index in [9.17, 15) is 19.0 Å². The molecule has 0 aromatic rings. The van der Waals surface area contributed by atoms with Gasteiger partial charge in [0.25, 0.3) is 0 Å². The van der Waals surface area contributed by atoms with Crippen LogP contribution in [0.25, 0.3) is 0 Å². The van der Waals surface area contributed by atoms with Gasteiger partial charge in [-0.15, -0.1) is 0 Å². The highest BCUT2D eigenvalue weighted by Crippen LogP contribution is 2.43. The number of allylic oxidation sites excluding steroid dienone is 4. The maximum absolute atomic E-state index is 12.7. The van der Waals surface area contributed by atoms with Crippen molar-refractivity contribution in [3.05, 3.63) is 24.3 Å². The predicted molar refractivity (Wildman–Crippen MR) is 261 cm³/mol. The molecule has 0 radical (unpaired) electrons. The Morgan fingerprint density at radius 1 is 0.484 bits per heavy atom. The van der Waals surface area contributed by atoms with E-state index in [0.29, 0.717) is 23.9 Å². The van der Waals surface area contributed by atoms with Crippen LogP contribution in [0.1, 0.15) is 245 Å². The number of carbonyl (C=O) groups is 2. The molecule has 2 atom stereocenters. The van der Waals surface area contributed by atoms with Crippen LogP contribution in [-0.2, 0) is 32.7 Å². The van der Waals surface area contributed by atoms with E-state index in [1.54, 1.807) is 0 Å². The largest absolute Gasteiger partial charge is 0.472 e. The molecule has 0 aromatic carbocycles. The molecule has 0 fully saturated rings. The van der Waals surface area contributed by atoms with Crippen molar-refractivity contribution in [2.75, 3.05) is 47.5 Å². The SMILES string of the molecule is CCCCCCCCCC/C=C/CCCCCC(=O)OC[C@H](COP(=O)(O)OCC[N+](C)(C)C)OC(=O)CCC/C=C/CCCCCCCCCCCCCCCCCCCC. The average Bonchev–Trinajstić information content (AvgIpc) is 3.23. The minimum atomic E-state index is -4.39. The Morgan fingerprint density at radius 3 is 1.24 bits per heavy atom. The molecule has 1 N–H and O–H groups in total. The van der Waals surface area contributed by atoms with Crippen molar-refractivity contribution in [3.8, 4) is 0 Å². The van der Waals surface area contributed by atoms with Crippen LogP contribution in [-0.4, -0.2) is 74.9 Å². The lowest BCUT2D eigenvalue weighted by atomic mass is 10.0. The molecule has 0 spiro atoms. The van der Waals surface area contributed by atoms with Crippen molar-refractivity contribution in [1.29, 1.82) is 0 Å². The van der Waals surface area contributed by atoms with Gasteiger partial charge in [0.1, 0.15) is 19.8 Å². The first-order valence-electron chi connectivity index (χ1n) is 26.1. The third-order valence-electron chi connectivity index (χ3n) is 11.5. The van der Waals surface area contributed by atoms with Gasteiger partial charge in [-0.1, -0.05) is 199 Å². The Labute approximate surface area is 383 Å². The average molecular weight is 899 g/mol. The van der Waals surface area contributed by atoms with Crippen LogP contribution in [0.2, 0.25) is 0 Å². The Morgan fingerprint density at radius 2 is 0.839 bits per heavy atom. The summed E-state index contributed by atoms with van der Waals surface area (Å²) in [6.45, 7) is 4.41. The van der Waals surface area contributed by atoms with Crippen LogP contribution >= 0.6 is 7.82 Å². The monoisotopic (exact) mass is 899 g/mol. The molecule has 366 valence electrons. The molecule has 0 rings (SSSR count). The van der Waals surface area contributed by atoms with Crippen LogP contribution < -0.4 is 0 Å². The second-order valence-electron chi connectivity index (χ2n) is 18.9. The molecule has 0 saturated heterocycles. The van der Waals surface area contributed by atoms with Gasteiger partial charge in [-0.3, -0.25) is 18.6 Å². The first kappa shape index (κ1) is 60.5. The molecule has 0 aliphatic heterocycles. The zero-order valence-electron chi connectivity index (χ0n) is 41.4. The second kappa shape index (κ2) is 44.7. The van der Waals surface area contributed by atoms with Gasteiger partial charge in [0.15, 0.2) is 6.10 Å². The number of nitrogens with zero attached hydrogens (tertiary/aromatic N) is 1. The van der Waals surface area contributed by atoms with Crippen LogP contribution in [0.15, 0.2) is 24.3 Å². The highest BCUT2D eigenvalue weighted by Gasteiger charge is 2.27. The fourth-order valence-corrected chi connectivity index (χ4v) is 8.11. The molecule has 0 aromatic heterocycles. The van der Waals surface area contributed by atoms with E-state index >= 15 is 0 Å². The van der Waals surface area contributed by atoms with Crippen LogP contribution in [0, 0.1) is 0 Å². The van der Waals surface area contributed by atoms with E-state index in [1.807, 2.05) is 21.1 Å². The topological polar surface area (TPSA) is 108 Å². The minimum absolute atomic E-state index is 0.0266. The number of quaternary nitrogens is 1. The molecule has 0 aliphatic carbocycles. The molecule has 0 amide bonds. The number of phosphoric ester groups is 1. The van der Waals surface area contributed by atoms with Crippen molar-refractivity contribution in [3.63, 3.8) is 0 Å². The Balaban J connectivity index is 4.24. The van der Waals surface area contributed by atoms with E-state index < -0.39 is 26.5 Å². The maximum atomic E-state index is 12.7. The summed E-state index contributed by atoms with van der Waals surface area (Å²) in [6.07, 6.45) is 51.1. The minimum Gasteiger partial charge on any atom is -0.462 e. The fraction of sp³-hybridized carbons (Fsp3) is 0.885. The van der Waals surface area contributed by atoms with E-state index in [0.717, 1.165) is 38.5 Å². The number of ether oxygens (including phenoxy) is 2. The van der Waals surface area contributed by atoms with E-state index in [4.69, 9.17) is 18.5 Å². The number of phosphoric acid groups is 1. The lowest BCUT2D eigenvalue weighted by Crippen LogP contribution is -2.37. The van der Waals surface area contributed by atoms with E-state index in [1.165, 1.54) is 167 Å². The highest BCUT2D eigenvalue weighted by molar-refractivity contribution is 7.47. The summed E-state index contributed by atoms with van der Waals surface area (Å²) in [5.74, 6) is -0.844. The zero-order chi connectivity index (χ0) is 45.7. The standard InChI is InChI=1S/C52H100NO8P/c1-6-8-10-12-14-16-18-20-22-23-24-25-26-27-28-29-31-33-35-37-39-41-43-45-52(55)61-50(49-60-62(56,57)59-47-46-53(3,4)5)48-58-51(54)44-42-40-38-36-34-32-30-21-19-17-15-13-11-9-7-2/h32,34,37,39,50H,6-31,33,35-36,38,40-49H2,1-5H3/p+1/b34-32+,39-37+/t50-/m1/s1. The van der Waals surface area contributed by atoms with Crippen LogP contribution in [0.3, 0.4) is 0 Å². The van der Waals surface area contributed by atoms with E-state index in [-0.39, 0.29) is 32.0 Å². The number of hydrogen-bond acceptors (Lipinski definition) is 7. The van der Waals surface area contributed by atoms with Gasteiger partial charge < -0.3 is 18.9 Å². The van der Waals surface area contributed by atoms with Gasteiger partial charge in [0.2, 0.25) is 0 Å². The molecular formula is C52H101NO8P+. The number of unbranched alkanes of at least 4 members (excludes halogenated alkanes) is 30. The van der Waals surface area contributed by atoms with Crippen molar-refractivity contribution in [2.45, 2.75) is 251 Å². The lowest BCUT2D eigenvalue weighted by molar-refractivity contribution is -0.870. The van der Waals surface area contributed by atoms with Gasteiger partial charge >= 0.3 is 19.8 Å². The summed E-state index contributed by atoms with van der Waals surface area (Å²) >= 11 is 0. The van der Waals surface area contributed by atoms with Crippen LogP contribution in [0.5, 0.6) is 0 Å². The normalized spacial score (nSPS) is 13.6. The van der Waals surface area contributed by atoms with Gasteiger partial charge in [0, 0.05) is 12.8 Å². The van der Waals surface area contributed by atoms with Crippen molar-refractivity contribution in [2.24, 2.45) is 0 Å². The van der Waals surface area contributed by atoms with Gasteiger partial charge in [-0.2, -0.15) is 0 Å². The summed E-state index contributed by atoms with van der Waals surface area (Å²) < 4.78 is 34.4. The summed E-state index contributed by atoms with van der Waals surface area (Å²) in [5.41, 5.74) is 0. The molecule has 0 bridgehead atoms. The van der Waals surface area contributed by atoms with Crippen molar-refractivity contribution >= 4 is 19.8 Å². The number of hydrogen-bond donors (Lipinski definition) is 1. The lowest BCUT2D eigenvalue weighted by Gasteiger charge is -2.24. The number of esters is 2. The van der Waals surface area contributed by atoms with Crippen LogP contribution in [0.4, 0.5) is 0 Å². The third-order valence-corrected chi connectivity index (χ3v) is 12.4. The molecule has 0 saturated carbocycles. The number of rotatable bonds is 48. The fourth-order valence-electron chi connectivity index (χ4n) is 7.37. The first-order chi connectivity index (χ1) is 30.0. The zero-order valence-corrected chi connectivity index (χ0v) is 42.3. The predicted octanol–water partition coefficient (Wildman–Crippen LogP) is 15.5. The summed E-state index contributed by atoms with van der Waals surface area (Å²) in [4.78, 5) is 35.5. The third kappa shape index (κ3) is 48.0. The molecule has 1 unspecified atom stereocenters. The molecular weight excluding hydrogens is 798 g/mol. The molecule has 0 heterocycles. The highest BCUT2D eigenvalue weighted by atomic mass is 31.2. The molecule has 62 heavy (non-hydrogen) atoms. The quantitative estimate of drug-likeness (QED) is 0.0211. The summed E-state index contributed by atoms with van der Waals surface area (Å²) in [7, 11) is 1.46. The number of carbonyl (C=O) groups excluding carboxylic acids is 2. The number of likely N-dealkylation sites (N-methyl/N-ethyl adjacent to an activating group) is 1. The van der Waals surface area contributed by atoms with Crippen molar-refractivity contribution in [1.82, 2.24) is 0 Å². The Bertz CT molecular complexity index is 1110. The molecule has 0 aliphatic rings. The first-order valence-corrected chi connectivity index (χ1v) is 27.6. The van der Waals surface area contributed by atoms with Gasteiger partial charge in [-0.25, -0.2) is 4.57 Å². The molecule has 10 heteroatoms. The maximum Gasteiger partial charge on any atom is 0.472 e.